The first-order valence-corrected chi connectivity index (χ1v) is 9.85. The van der Waals surface area contributed by atoms with Crippen molar-refractivity contribution in [3.63, 3.8) is 0 Å². The van der Waals surface area contributed by atoms with E-state index in [1.807, 2.05) is 0 Å². The normalized spacial score (nSPS) is 12.5. The van der Waals surface area contributed by atoms with Crippen LogP contribution in [0.15, 0.2) is 47.4 Å². The quantitative estimate of drug-likeness (QED) is 0.726. The van der Waals surface area contributed by atoms with Gasteiger partial charge in [0.25, 0.3) is 0 Å². The Morgan fingerprint density at radius 2 is 1.85 bits per heavy atom. The lowest BCUT2D eigenvalue weighted by molar-refractivity contribution is -0.122. The first-order valence-electron chi connectivity index (χ1n) is 7.61. The van der Waals surface area contributed by atoms with Crippen LogP contribution in [0.4, 0.5) is 0 Å². The van der Waals surface area contributed by atoms with Gasteiger partial charge in [0.15, 0.2) is 0 Å². The number of sulfonamides is 1. The van der Waals surface area contributed by atoms with Gasteiger partial charge in [-0.25, -0.2) is 8.42 Å². The van der Waals surface area contributed by atoms with Crippen LogP contribution in [0.1, 0.15) is 12.5 Å². The monoisotopic (exact) mass is 416 g/mol. The molecule has 0 heterocycles. The zero-order valence-electron chi connectivity index (χ0n) is 14.1. The van der Waals surface area contributed by atoms with Gasteiger partial charge in [0, 0.05) is 11.6 Å². The molecule has 0 radical (unpaired) electrons. The smallest absolute Gasteiger partial charge is 0.241 e. The Balaban J connectivity index is 2.03. The Kier molecular flexibility index (Phi) is 6.88. The molecule has 26 heavy (non-hydrogen) atoms. The molecular weight excluding hydrogens is 399 g/mol. The fraction of sp³-hybridized carbons (Fsp3) is 0.235. The molecule has 9 heteroatoms. The molecule has 0 bridgehead atoms. The second-order valence-corrected chi connectivity index (χ2v) is 7.98. The van der Waals surface area contributed by atoms with Gasteiger partial charge in [0.05, 0.1) is 23.1 Å². The van der Waals surface area contributed by atoms with Crippen molar-refractivity contribution in [1.29, 1.82) is 0 Å². The van der Waals surface area contributed by atoms with Crippen LogP contribution in [0, 0.1) is 0 Å². The number of benzene rings is 2. The van der Waals surface area contributed by atoms with Crippen LogP contribution >= 0.6 is 23.2 Å². The lowest BCUT2D eigenvalue weighted by Crippen LogP contribution is -2.44. The summed E-state index contributed by atoms with van der Waals surface area (Å²) < 4.78 is 32.1. The summed E-state index contributed by atoms with van der Waals surface area (Å²) in [6.07, 6.45) is 0. The molecule has 0 fully saturated rings. The molecule has 2 N–H and O–H groups in total. The molecule has 6 nitrogen and oxygen atoms in total. The van der Waals surface area contributed by atoms with Crippen LogP contribution in [0.2, 0.25) is 10.0 Å². The molecule has 0 aliphatic carbocycles. The van der Waals surface area contributed by atoms with Crippen LogP contribution < -0.4 is 14.8 Å². The third kappa shape index (κ3) is 5.11. The standard InChI is InChI=1S/C17H18Cl2N2O4S/c1-11(17(22)20-10-12-5-3-4-6-14(12)18)21-26(23,24)13-7-8-16(25-2)15(19)9-13/h3-9,11,21H,10H2,1-2H3,(H,20,22)/t11-/m0/s1. The Morgan fingerprint density at radius 1 is 1.15 bits per heavy atom. The predicted molar refractivity (Wildman–Crippen MR) is 101 cm³/mol. The summed E-state index contributed by atoms with van der Waals surface area (Å²) in [5.41, 5.74) is 0.736. The number of amides is 1. The van der Waals surface area contributed by atoms with Gasteiger partial charge in [0.1, 0.15) is 5.75 Å². The van der Waals surface area contributed by atoms with E-state index >= 15 is 0 Å². The number of rotatable bonds is 7. The maximum atomic E-state index is 12.4. The van der Waals surface area contributed by atoms with E-state index in [0.29, 0.717) is 10.8 Å². The topological polar surface area (TPSA) is 84.5 Å². The molecule has 140 valence electrons. The van der Waals surface area contributed by atoms with Crippen LogP contribution in [0.5, 0.6) is 5.75 Å². The first-order chi connectivity index (χ1) is 12.2. The zero-order valence-corrected chi connectivity index (χ0v) is 16.5. The van der Waals surface area contributed by atoms with Gasteiger partial charge in [-0.3, -0.25) is 4.79 Å². The SMILES string of the molecule is COc1ccc(S(=O)(=O)N[C@@H](C)C(=O)NCc2ccccc2Cl)cc1Cl. The molecular formula is C17H18Cl2N2O4S. The Bertz CT molecular complexity index is 903. The van der Waals surface area contributed by atoms with E-state index in [-0.39, 0.29) is 16.5 Å². The highest BCUT2D eigenvalue weighted by atomic mass is 35.5. The van der Waals surface area contributed by atoms with E-state index < -0.39 is 22.0 Å². The van der Waals surface area contributed by atoms with Crippen molar-refractivity contribution in [3.8, 4) is 5.75 Å². The fourth-order valence-corrected chi connectivity index (χ4v) is 3.90. The van der Waals surface area contributed by atoms with Crippen molar-refractivity contribution in [2.45, 2.75) is 24.4 Å². The zero-order chi connectivity index (χ0) is 19.3. The summed E-state index contributed by atoms with van der Waals surface area (Å²) in [5.74, 6) is -0.121. The summed E-state index contributed by atoms with van der Waals surface area (Å²) in [4.78, 5) is 12.1. The highest BCUT2D eigenvalue weighted by Crippen LogP contribution is 2.26. The van der Waals surface area contributed by atoms with E-state index in [9.17, 15) is 13.2 Å². The van der Waals surface area contributed by atoms with E-state index in [0.717, 1.165) is 5.56 Å². The number of ether oxygens (including phenoxy) is 1. The van der Waals surface area contributed by atoms with Gasteiger partial charge in [-0.2, -0.15) is 4.72 Å². The molecule has 0 spiro atoms. The lowest BCUT2D eigenvalue weighted by Gasteiger charge is -2.15. The highest BCUT2D eigenvalue weighted by molar-refractivity contribution is 7.89. The number of carbonyl (C=O) groups excluding carboxylic acids is 1. The van der Waals surface area contributed by atoms with Gasteiger partial charge in [-0.05, 0) is 36.8 Å². The maximum absolute atomic E-state index is 12.4. The van der Waals surface area contributed by atoms with Crippen molar-refractivity contribution in [2.24, 2.45) is 0 Å². The molecule has 1 atom stereocenters. The molecule has 0 aromatic heterocycles. The molecule has 2 aromatic rings. The molecule has 0 aliphatic rings. The van der Waals surface area contributed by atoms with E-state index in [4.69, 9.17) is 27.9 Å². The second kappa shape index (κ2) is 8.73. The second-order valence-electron chi connectivity index (χ2n) is 5.45. The van der Waals surface area contributed by atoms with Crippen LogP contribution in [-0.2, 0) is 21.4 Å². The average Bonchev–Trinajstić information content (AvgIpc) is 2.60. The van der Waals surface area contributed by atoms with Gasteiger partial charge < -0.3 is 10.1 Å². The summed E-state index contributed by atoms with van der Waals surface area (Å²) in [7, 11) is -2.49. The molecule has 2 aromatic carbocycles. The van der Waals surface area contributed by atoms with Gasteiger partial charge in [-0.15, -0.1) is 0 Å². The number of methoxy groups -OCH3 is 1. The van der Waals surface area contributed by atoms with Gasteiger partial charge >= 0.3 is 0 Å². The Hall–Kier alpha value is -1.80. The Morgan fingerprint density at radius 3 is 2.46 bits per heavy atom. The third-order valence-corrected chi connectivity index (χ3v) is 5.77. The highest BCUT2D eigenvalue weighted by Gasteiger charge is 2.23. The van der Waals surface area contributed by atoms with Crippen molar-refractivity contribution in [2.75, 3.05) is 7.11 Å². The fourth-order valence-electron chi connectivity index (χ4n) is 2.15. The molecule has 1 amide bonds. The molecule has 0 saturated carbocycles. The molecule has 0 unspecified atom stereocenters. The van der Waals surface area contributed by atoms with E-state index in [2.05, 4.69) is 10.0 Å². The minimum Gasteiger partial charge on any atom is -0.495 e. The summed E-state index contributed by atoms with van der Waals surface area (Å²) in [5, 5.41) is 3.33. The van der Waals surface area contributed by atoms with Crippen LogP contribution in [-0.4, -0.2) is 27.5 Å². The van der Waals surface area contributed by atoms with E-state index in [1.165, 1.54) is 32.2 Å². The summed E-state index contributed by atoms with van der Waals surface area (Å²) in [6, 6.07) is 10.1. The summed E-state index contributed by atoms with van der Waals surface area (Å²) >= 11 is 12.0. The maximum Gasteiger partial charge on any atom is 0.241 e. The largest absolute Gasteiger partial charge is 0.495 e. The Labute approximate surface area is 162 Å². The van der Waals surface area contributed by atoms with Gasteiger partial charge in [-0.1, -0.05) is 41.4 Å². The van der Waals surface area contributed by atoms with Crippen molar-refractivity contribution in [1.82, 2.24) is 10.0 Å². The molecule has 0 saturated heterocycles. The predicted octanol–water partition coefficient (Wildman–Crippen LogP) is 2.99. The van der Waals surface area contributed by atoms with Crippen molar-refractivity contribution < 1.29 is 17.9 Å². The summed E-state index contributed by atoms with van der Waals surface area (Å²) in [6.45, 7) is 1.64. The minimum absolute atomic E-state index is 0.0611. The van der Waals surface area contributed by atoms with E-state index in [1.54, 1.807) is 24.3 Å². The van der Waals surface area contributed by atoms with Gasteiger partial charge in [0.2, 0.25) is 15.9 Å². The number of halogens is 2. The number of nitrogens with one attached hydrogen (secondary N) is 2. The van der Waals surface area contributed by atoms with Crippen LogP contribution in [0.25, 0.3) is 0 Å². The molecule has 2 rings (SSSR count). The number of carbonyl (C=O) groups is 1. The minimum atomic E-state index is -3.92. The van der Waals surface area contributed by atoms with Crippen LogP contribution in [0.3, 0.4) is 0 Å². The number of hydrogen-bond acceptors (Lipinski definition) is 4. The number of hydrogen-bond donors (Lipinski definition) is 2. The van der Waals surface area contributed by atoms with Crippen molar-refractivity contribution >= 4 is 39.1 Å². The third-order valence-electron chi connectivity index (χ3n) is 3.57. The average molecular weight is 417 g/mol. The molecule has 0 aliphatic heterocycles. The lowest BCUT2D eigenvalue weighted by atomic mass is 10.2. The first kappa shape index (κ1) is 20.5. The van der Waals surface area contributed by atoms with Crippen molar-refractivity contribution in [3.05, 3.63) is 58.1 Å².